The summed E-state index contributed by atoms with van der Waals surface area (Å²) in [7, 11) is 5.61. The Hall–Kier alpha value is -4.00. The number of imidazole rings is 1. The summed E-state index contributed by atoms with van der Waals surface area (Å²) in [5, 5.41) is 18.3. The van der Waals surface area contributed by atoms with Crippen molar-refractivity contribution in [2.24, 2.45) is 0 Å². The Kier molecular flexibility index (Phi) is 4.10. The van der Waals surface area contributed by atoms with Crippen LogP contribution < -0.4 is 9.64 Å². The molecule has 150 valence electrons. The third-order valence-corrected chi connectivity index (χ3v) is 5.27. The van der Waals surface area contributed by atoms with Crippen molar-refractivity contribution in [1.82, 2.24) is 20.2 Å². The first-order chi connectivity index (χ1) is 14.5. The van der Waals surface area contributed by atoms with Crippen LogP contribution in [0.5, 0.6) is 11.5 Å². The summed E-state index contributed by atoms with van der Waals surface area (Å²) in [6.45, 7) is 0. The number of aromatic amines is 2. The maximum atomic E-state index is 9.71. The van der Waals surface area contributed by atoms with Crippen LogP contribution in [0.2, 0.25) is 0 Å². The van der Waals surface area contributed by atoms with Crippen LogP contribution in [0.3, 0.4) is 0 Å². The summed E-state index contributed by atoms with van der Waals surface area (Å²) in [5.74, 6) is 1.51. The molecule has 3 aromatic carbocycles. The highest BCUT2D eigenvalue weighted by Gasteiger charge is 2.15. The van der Waals surface area contributed by atoms with E-state index in [0.717, 1.165) is 50.3 Å². The van der Waals surface area contributed by atoms with Gasteiger partial charge in [-0.15, -0.1) is 0 Å². The van der Waals surface area contributed by atoms with Gasteiger partial charge >= 0.3 is 0 Å². The summed E-state index contributed by atoms with van der Waals surface area (Å²) < 4.78 is 5.42. The van der Waals surface area contributed by atoms with E-state index in [0.29, 0.717) is 5.75 Å². The van der Waals surface area contributed by atoms with Crippen molar-refractivity contribution < 1.29 is 9.84 Å². The highest BCUT2D eigenvalue weighted by Crippen LogP contribution is 2.35. The van der Waals surface area contributed by atoms with E-state index in [1.54, 1.807) is 19.2 Å². The van der Waals surface area contributed by atoms with Gasteiger partial charge in [0, 0.05) is 36.8 Å². The largest absolute Gasteiger partial charge is 0.508 e. The number of hydrogen-bond acceptors (Lipinski definition) is 5. The van der Waals surface area contributed by atoms with Crippen molar-refractivity contribution in [3.63, 3.8) is 0 Å². The van der Waals surface area contributed by atoms with Gasteiger partial charge in [0.25, 0.3) is 0 Å². The number of nitrogens with one attached hydrogen (secondary N) is 2. The van der Waals surface area contributed by atoms with Gasteiger partial charge in [-0.05, 0) is 48.0 Å². The molecule has 2 aromatic heterocycles. The predicted octanol–water partition coefficient (Wildman–Crippen LogP) is 4.55. The number of hydrogen-bond donors (Lipinski definition) is 3. The lowest BCUT2D eigenvalue weighted by atomic mass is 10.0. The molecule has 3 N–H and O–H groups in total. The Bertz CT molecular complexity index is 1380. The number of rotatable bonds is 4. The molecule has 30 heavy (non-hydrogen) atoms. The van der Waals surface area contributed by atoms with E-state index in [1.165, 1.54) is 0 Å². The summed E-state index contributed by atoms with van der Waals surface area (Å²) in [6.07, 6.45) is 0. The summed E-state index contributed by atoms with van der Waals surface area (Å²) >= 11 is 0. The molecule has 0 spiro atoms. The third kappa shape index (κ3) is 2.91. The van der Waals surface area contributed by atoms with Crippen molar-refractivity contribution in [3.05, 3.63) is 54.6 Å². The molecular formula is C23H21N5O2. The number of H-pyrrole nitrogens is 2. The van der Waals surface area contributed by atoms with Gasteiger partial charge in [0.1, 0.15) is 17.2 Å². The lowest BCUT2D eigenvalue weighted by Crippen LogP contribution is -2.07. The minimum atomic E-state index is 0.169. The van der Waals surface area contributed by atoms with Crippen molar-refractivity contribution in [2.75, 3.05) is 26.1 Å². The summed E-state index contributed by atoms with van der Waals surface area (Å²) in [6, 6.07) is 17.3. The number of phenolic OH excluding ortho intramolecular Hbond substituents is 1. The molecule has 2 heterocycles. The number of anilines is 1. The van der Waals surface area contributed by atoms with Crippen LogP contribution in [0, 0.1) is 0 Å². The Morgan fingerprint density at radius 2 is 1.83 bits per heavy atom. The topological polar surface area (TPSA) is 90.1 Å². The minimum absolute atomic E-state index is 0.169. The zero-order chi connectivity index (χ0) is 20.8. The van der Waals surface area contributed by atoms with E-state index in [-0.39, 0.29) is 5.75 Å². The second kappa shape index (κ2) is 6.81. The van der Waals surface area contributed by atoms with E-state index < -0.39 is 0 Å². The van der Waals surface area contributed by atoms with E-state index in [4.69, 9.17) is 9.72 Å². The molecule has 0 saturated carbocycles. The molecule has 0 aliphatic heterocycles. The summed E-state index contributed by atoms with van der Waals surface area (Å²) in [4.78, 5) is 10.2. The van der Waals surface area contributed by atoms with Crippen LogP contribution >= 0.6 is 0 Å². The van der Waals surface area contributed by atoms with E-state index in [1.807, 2.05) is 44.4 Å². The fourth-order valence-electron chi connectivity index (χ4n) is 3.67. The van der Waals surface area contributed by atoms with Gasteiger partial charge in [-0.3, -0.25) is 5.10 Å². The van der Waals surface area contributed by atoms with Gasteiger partial charge < -0.3 is 19.7 Å². The lowest BCUT2D eigenvalue weighted by molar-refractivity contribution is 0.409. The van der Waals surface area contributed by atoms with Crippen molar-refractivity contribution in [1.29, 1.82) is 0 Å². The molecule has 7 heteroatoms. The highest BCUT2D eigenvalue weighted by atomic mass is 16.5. The van der Waals surface area contributed by atoms with Gasteiger partial charge in [-0.1, -0.05) is 6.07 Å². The highest BCUT2D eigenvalue weighted by molar-refractivity contribution is 5.96. The van der Waals surface area contributed by atoms with Crippen molar-refractivity contribution >= 4 is 27.6 Å². The molecule has 0 radical (unpaired) electrons. The third-order valence-electron chi connectivity index (χ3n) is 5.27. The number of benzene rings is 3. The van der Waals surface area contributed by atoms with Crippen molar-refractivity contribution in [2.45, 2.75) is 0 Å². The molecule has 5 aromatic rings. The smallest absolute Gasteiger partial charge is 0.159 e. The number of fused-ring (bicyclic) bond motifs is 2. The van der Waals surface area contributed by atoms with Crippen LogP contribution in [0.15, 0.2) is 54.6 Å². The Balaban J connectivity index is 1.58. The standard InChI is InChI=1S/C23H21N5O2/c1-28(2)14-5-9-18-20(11-14)25-23(24-18)22-17-7-4-13(10-19(17)26-27-22)16-8-6-15(29)12-21(16)30-3/h4-12,29H,1-3H3,(H,24,25)(H,26,27). The molecule has 0 saturated heterocycles. The lowest BCUT2D eigenvalue weighted by Gasteiger charge is -2.11. The average Bonchev–Trinajstić information content (AvgIpc) is 3.36. The zero-order valence-corrected chi connectivity index (χ0v) is 16.9. The molecule has 0 atom stereocenters. The van der Waals surface area contributed by atoms with Gasteiger partial charge in [0.05, 0.1) is 23.7 Å². The average molecular weight is 399 g/mol. The van der Waals surface area contributed by atoms with Crippen molar-refractivity contribution in [3.8, 4) is 34.1 Å². The number of methoxy groups -OCH3 is 1. The van der Waals surface area contributed by atoms with E-state index in [9.17, 15) is 5.11 Å². The minimum Gasteiger partial charge on any atom is -0.508 e. The molecule has 5 rings (SSSR count). The van der Waals surface area contributed by atoms with Crippen LogP contribution in [-0.4, -0.2) is 46.5 Å². The van der Waals surface area contributed by atoms with Crippen LogP contribution in [0.25, 0.3) is 44.6 Å². The maximum absolute atomic E-state index is 9.71. The fourth-order valence-corrected chi connectivity index (χ4v) is 3.67. The first kappa shape index (κ1) is 18.1. The maximum Gasteiger partial charge on any atom is 0.159 e. The number of aromatic nitrogens is 4. The van der Waals surface area contributed by atoms with Gasteiger partial charge in [0.2, 0.25) is 0 Å². The molecule has 7 nitrogen and oxygen atoms in total. The number of ether oxygens (including phenoxy) is 1. The first-order valence-corrected chi connectivity index (χ1v) is 9.56. The van der Waals surface area contributed by atoms with Crippen LogP contribution in [0.4, 0.5) is 5.69 Å². The Morgan fingerprint density at radius 3 is 2.63 bits per heavy atom. The molecule has 0 aliphatic carbocycles. The zero-order valence-electron chi connectivity index (χ0n) is 16.9. The second-order valence-corrected chi connectivity index (χ2v) is 7.40. The molecule has 0 aliphatic rings. The molecular weight excluding hydrogens is 378 g/mol. The number of phenols is 1. The second-order valence-electron chi connectivity index (χ2n) is 7.40. The molecule has 0 unspecified atom stereocenters. The molecule has 0 bridgehead atoms. The normalized spacial score (nSPS) is 11.3. The van der Waals surface area contributed by atoms with E-state index in [2.05, 4.69) is 32.2 Å². The van der Waals surface area contributed by atoms with Gasteiger partial charge in [0.15, 0.2) is 5.82 Å². The first-order valence-electron chi connectivity index (χ1n) is 9.56. The Morgan fingerprint density at radius 1 is 0.967 bits per heavy atom. The fraction of sp³-hybridized carbons (Fsp3) is 0.130. The monoisotopic (exact) mass is 399 g/mol. The predicted molar refractivity (Wildman–Crippen MR) is 119 cm³/mol. The Labute approximate surface area is 172 Å². The molecule has 0 amide bonds. The van der Waals surface area contributed by atoms with Crippen LogP contribution in [0.1, 0.15) is 0 Å². The quantitative estimate of drug-likeness (QED) is 0.412. The van der Waals surface area contributed by atoms with E-state index >= 15 is 0 Å². The number of aromatic hydroxyl groups is 1. The van der Waals surface area contributed by atoms with Gasteiger partial charge in [-0.2, -0.15) is 5.10 Å². The van der Waals surface area contributed by atoms with Crippen LogP contribution in [-0.2, 0) is 0 Å². The number of nitrogens with zero attached hydrogens (tertiary/aromatic N) is 3. The molecule has 0 fully saturated rings. The van der Waals surface area contributed by atoms with Gasteiger partial charge in [-0.25, -0.2) is 4.98 Å². The summed E-state index contributed by atoms with van der Waals surface area (Å²) in [5.41, 5.74) is 6.50. The SMILES string of the molecule is COc1cc(O)ccc1-c1ccc2c(-c3nc4cc(N(C)C)ccc4[nH]3)n[nH]c2c1.